The average molecular weight is 1520 g/mol. The zero-order valence-corrected chi connectivity index (χ0v) is 70.1. The van der Waals surface area contributed by atoms with Crippen molar-refractivity contribution in [2.75, 3.05) is 39.6 Å². The summed E-state index contributed by atoms with van der Waals surface area (Å²) >= 11 is 0. The fourth-order valence-corrected chi connectivity index (χ4v) is 14.8. The molecule has 0 aromatic rings. The molecule has 104 heavy (non-hydrogen) atoms. The zero-order valence-electron chi connectivity index (χ0n) is 68.3. The molecule has 0 aromatic heterocycles. The summed E-state index contributed by atoms with van der Waals surface area (Å²) in [6, 6.07) is 0. The van der Waals surface area contributed by atoms with E-state index in [9.17, 15) is 43.2 Å². The number of aliphatic hydroxyl groups is 1. The Morgan fingerprint density at radius 3 is 0.731 bits per heavy atom. The Morgan fingerprint density at radius 1 is 0.279 bits per heavy atom. The van der Waals surface area contributed by atoms with Crippen LogP contribution in [0.5, 0.6) is 0 Å². The second-order valence-corrected chi connectivity index (χ2v) is 34.2. The van der Waals surface area contributed by atoms with Crippen LogP contribution < -0.4 is 0 Å². The summed E-state index contributed by atoms with van der Waals surface area (Å²) in [6.07, 6.45) is 68.1. The number of hydrogen-bond acceptors (Lipinski definition) is 15. The van der Waals surface area contributed by atoms with Crippen LogP contribution in [0.2, 0.25) is 0 Å². The Hall–Kier alpha value is -1.94. The Kier molecular flexibility index (Phi) is 75.0. The second-order valence-electron chi connectivity index (χ2n) is 31.3. The molecule has 0 bridgehead atoms. The van der Waals surface area contributed by atoms with E-state index < -0.39 is 97.5 Å². The van der Waals surface area contributed by atoms with Crippen molar-refractivity contribution in [1.29, 1.82) is 0 Å². The summed E-state index contributed by atoms with van der Waals surface area (Å²) in [5, 5.41) is 10.7. The number of rotatable bonds is 84. The number of phosphoric acid groups is 2. The summed E-state index contributed by atoms with van der Waals surface area (Å²) in [5.41, 5.74) is 0. The van der Waals surface area contributed by atoms with Crippen LogP contribution in [0.25, 0.3) is 0 Å². The minimum atomic E-state index is -4.96. The molecule has 0 spiro atoms. The fourth-order valence-electron chi connectivity index (χ4n) is 13.2. The summed E-state index contributed by atoms with van der Waals surface area (Å²) in [6.45, 7) is 9.71. The normalized spacial score (nSPS) is 14.1. The van der Waals surface area contributed by atoms with E-state index in [0.717, 1.165) is 108 Å². The summed E-state index contributed by atoms with van der Waals surface area (Å²) < 4.78 is 68.8. The topological polar surface area (TPSA) is 237 Å². The monoisotopic (exact) mass is 1520 g/mol. The number of phosphoric ester groups is 2. The highest BCUT2D eigenvalue weighted by atomic mass is 31.2. The van der Waals surface area contributed by atoms with Crippen molar-refractivity contribution in [2.45, 2.75) is 471 Å². The van der Waals surface area contributed by atoms with Crippen molar-refractivity contribution in [1.82, 2.24) is 0 Å². The van der Waals surface area contributed by atoms with E-state index in [-0.39, 0.29) is 25.7 Å². The van der Waals surface area contributed by atoms with E-state index in [0.29, 0.717) is 25.7 Å². The van der Waals surface area contributed by atoms with Crippen LogP contribution in [0, 0.1) is 11.8 Å². The van der Waals surface area contributed by atoms with Gasteiger partial charge < -0.3 is 33.8 Å². The molecule has 6 atom stereocenters. The first-order valence-electron chi connectivity index (χ1n) is 44.0. The maximum absolute atomic E-state index is 13.1. The number of esters is 4. The van der Waals surface area contributed by atoms with Gasteiger partial charge in [0, 0.05) is 25.7 Å². The molecule has 3 N–H and O–H groups in total. The molecule has 0 fully saturated rings. The minimum Gasteiger partial charge on any atom is -0.462 e. The number of aliphatic hydroxyl groups excluding tert-OH is 1. The van der Waals surface area contributed by atoms with Crippen LogP contribution in [-0.2, 0) is 65.4 Å². The third-order valence-corrected chi connectivity index (χ3v) is 22.2. The van der Waals surface area contributed by atoms with E-state index in [2.05, 4.69) is 41.5 Å². The SMILES string of the molecule is CCCCCCCCCCCCCCCCCCCCCC(=O)OC[C@H](COP(=O)(O)OC[C@@H](O)COP(=O)(O)OC[C@@H](COC(=O)CCCCCCCCCC)OC(=O)CCCCCCCCCCCCCCC(C)C)OC(=O)CCCCCCCCCCCCCCCCCCCCC(C)CC. The fraction of sp³-hybridized carbons (Fsp3) is 0.953. The first-order chi connectivity index (χ1) is 50.4. The molecule has 0 saturated carbocycles. The molecular formula is C85H166O17P2. The predicted octanol–water partition coefficient (Wildman–Crippen LogP) is 25.8. The molecule has 0 saturated heterocycles. The van der Waals surface area contributed by atoms with Crippen molar-refractivity contribution < 1.29 is 80.2 Å². The highest BCUT2D eigenvalue weighted by molar-refractivity contribution is 7.47. The lowest BCUT2D eigenvalue weighted by molar-refractivity contribution is -0.161. The molecule has 3 unspecified atom stereocenters. The minimum absolute atomic E-state index is 0.107. The van der Waals surface area contributed by atoms with Gasteiger partial charge in [-0.25, -0.2) is 9.13 Å². The van der Waals surface area contributed by atoms with Crippen LogP contribution in [-0.4, -0.2) is 96.7 Å². The van der Waals surface area contributed by atoms with Crippen molar-refractivity contribution in [2.24, 2.45) is 11.8 Å². The Morgan fingerprint density at radius 2 is 0.490 bits per heavy atom. The Bertz CT molecular complexity index is 2000. The number of hydrogen-bond donors (Lipinski definition) is 3. The van der Waals surface area contributed by atoms with Gasteiger partial charge in [0.25, 0.3) is 0 Å². The molecule has 0 aliphatic carbocycles. The molecule has 0 aromatic carbocycles. The average Bonchev–Trinajstić information content (AvgIpc) is 0.910. The van der Waals surface area contributed by atoms with E-state index in [4.69, 9.17) is 37.0 Å². The maximum atomic E-state index is 13.1. The molecule has 618 valence electrons. The molecule has 0 amide bonds. The predicted molar refractivity (Wildman–Crippen MR) is 428 cm³/mol. The lowest BCUT2D eigenvalue weighted by atomic mass is 9.99. The lowest BCUT2D eigenvalue weighted by Crippen LogP contribution is -2.30. The molecule has 0 aliphatic rings. The van der Waals surface area contributed by atoms with E-state index >= 15 is 0 Å². The van der Waals surface area contributed by atoms with Crippen molar-refractivity contribution in [3.63, 3.8) is 0 Å². The molecule has 0 radical (unpaired) electrons. The van der Waals surface area contributed by atoms with Gasteiger partial charge in [-0.3, -0.25) is 37.3 Å². The first kappa shape index (κ1) is 102. The summed E-state index contributed by atoms with van der Waals surface area (Å²) in [4.78, 5) is 73.1. The molecule has 19 heteroatoms. The lowest BCUT2D eigenvalue weighted by Gasteiger charge is -2.21. The third-order valence-electron chi connectivity index (χ3n) is 20.3. The van der Waals surface area contributed by atoms with Crippen LogP contribution in [0.15, 0.2) is 0 Å². The molecular weight excluding hydrogens is 1350 g/mol. The molecule has 0 heterocycles. The van der Waals surface area contributed by atoms with Crippen molar-refractivity contribution >= 4 is 39.5 Å². The van der Waals surface area contributed by atoms with Crippen molar-refractivity contribution in [3.05, 3.63) is 0 Å². The number of unbranched alkanes of at least 4 members (excludes halogenated alkanes) is 53. The standard InChI is InChI=1S/C85H166O17P2/c1-7-10-12-14-16-18-19-20-21-22-23-27-30-33-39-44-50-56-62-68-83(88)96-74-81(102-84(89)69-63-57-51-45-40-34-31-28-25-24-26-29-32-38-43-48-54-60-66-78(6)9-3)76-100-104(93,94)98-72-79(86)71-97-103(91,92)99-75-80(73-95-82(87)67-61-55-49-17-15-13-11-8-2)101-85(90)70-64-58-52-46-41-36-35-37-42-47-53-59-65-77(4)5/h77-81,86H,7-76H2,1-6H3,(H,91,92)(H,93,94)/t78?,79-,80+,81+/m0/s1. The number of ether oxygens (including phenoxy) is 4. The van der Waals surface area contributed by atoms with E-state index in [1.165, 1.54) is 263 Å². The van der Waals surface area contributed by atoms with Crippen LogP contribution in [0.3, 0.4) is 0 Å². The smallest absolute Gasteiger partial charge is 0.462 e. The van der Waals surface area contributed by atoms with Gasteiger partial charge in [-0.15, -0.1) is 0 Å². The highest BCUT2D eigenvalue weighted by Gasteiger charge is 2.30. The molecule has 0 aliphatic heterocycles. The van der Waals surface area contributed by atoms with Gasteiger partial charge in [0.1, 0.15) is 19.3 Å². The first-order valence-corrected chi connectivity index (χ1v) is 47.0. The Balaban J connectivity index is 5.18. The van der Waals surface area contributed by atoms with E-state index in [1.807, 2.05) is 0 Å². The van der Waals surface area contributed by atoms with Crippen LogP contribution in [0.1, 0.15) is 452 Å². The largest absolute Gasteiger partial charge is 0.472 e. The summed E-state index contributed by atoms with van der Waals surface area (Å²) in [7, 11) is -9.92. The van der Waals surface area contributed by atoms with Gasteiger partial charge in [0.05, 0.1) is 26.4 Å². The number of carbonyl (C=O) groups excluding carboxylic acids is 4. The Labute approximate surface area is 638 Å². The van der Waals surface area contributed by atoms with Gasteiger partial charge >= 0.3 is 39.5 Å². The van der Waals surface area contributed by atoms with Gasteiger partial charge in [0.2, 0.25) is 0 Å². The third kappa shape index (κ3) is 76.8. The van der Waals surface area contributed by atoms with Crippen LogP contribution >= 0.6 is 15.6 Å². The van der Waals surface area contributed by atoms with Crippen LogP contribution in [0.4, 0.5) is 0 Å². The quantitative estimate of drug-likeness (QED) is 0.0222. The zero-order chi connectivity index (χ0) is 76.4. The number of carbonyl (C=O) groups is 4. The van der Waals surface area contributed by atoms with Gasteiger partial charge in [-0.2, -0.15) is 0 Å². The highest BCUT2D eigenvalue weighted by Crippen LogP contribution is 2.45. The van der Waals surface area contributed by atoms with Gasteiger partial charge in [-0.05, 0) is 37.5 Å². The second kappa shape index (κ2) is 76.4. The van der Waals surface area contributed by atoms with Gasteiger partial charge in [-0.1, -0.05) is 401 Å². The van der Waals surface area contributed by atoms with Crippen molar-refractivity contribution in [3.8, 4) is 0 Å². The molecule has 0 rings (SSSR count). The maximum Gasteiger partial charge on any atom is 0.472 e. The van der Waals surface area contributed by atoms with E-state index in [1.54, 1.807) is 0 Å². The molecule has 17 nitrogen and oxygen atoms in total. The van der Waals surface area contributed by atoms with Gasteiger partial charge in [0.15, 0.2) is 12.2 Å². The summed E-state index contributed by atoms with van der Waals surface area (Å²) in [5.74, 6) is -0.459.